The second-order valence-electron chi connectivity index (χ2n) is 5.68. The van der Waals surface area contributed by atoms with Gasteiger partial charge in [-0.25, -0.2) is 9.97 Å². The quantitative estimate of drug-likeness (QED) is 0.705. The fraction of sp³-hybridized carbons (Fsp3) is 0.294. The van der Waals surface area contributed by atoms with E-state index in [2.05, 4.69) is 20.6 Å². The predicted molar refractivity (Wildman–Crippen MR) is 95.4 cm³/mol. The second-order valence-corrected chi connectivity index (χ2v) is 6.08. The zero-order valence-corrected chi connectivity index (χ0v) is 15.6. The maximum absolute atomic E-state index is 12.6. The normalized spacial score (nSPS) is 11.1. The lowest BCUT2D eigenvalue weighted by molar-refractivity contribution is -0.137. The highest BCUT2D eigenvalue weighted by Gasteiger charge is 2.31. The Bertz CT molecular complexity index is 890. The third kappa shape index (κ3) is 6.08. The van der Waals surface area contributed by atoms with Crippen LogP contribution in [0.3, 0.4) is 0 Å². The lowest BCUT2D eigenvalue weighted by Gasteiger charge is -2.11. The van der Waals surface area contributed by atoms with Crippen molar-refractivity contribution in [1.29, 1.82) is 0 Å². The molecule has 0 radical (unpaired) electrons. The minimum atomic E-state index is -4.55. The van der Waals surface area contributed by atoms with Crippen LogP contribution < -0.4 is 15.4 Å². The SMILES string of the molecule is CC(=O)Nc1cc(C(=O)NCCOc2ncc(C(F)(F)F)cc2Cl)cc(C)n1. The minimum Gasteiger partial charge on any atom is -0.475 e. The number of hydrogen-bond donors (Lipinski definition) is 2. The first-order valence-corrected chi connectivity index (χ1v) is 8.34. The number of aromatic nitrogens is 2. The van der Waals surface area contributed by atoms with E-state index in [1.165, 1.54) is 19.1 Å². The topological polar surface area (TPSA) is 93.2 Å². The number of amides is 2. The molecule has 0 aromatic carbocycles. The summed E-state index contributed by atoms with van der Waals surface area (Å²) in [5.41, 5.74) is -0.170. The molecule has 0 saturated carbocycles. The smallest absolute Gasteiger partial charge is 0.417 e. The summed E-state index contributed by atoms with van der Waals surface area (Å²) in [6.07, 6.45) is -3.94. The number of nitrogens with one attached hydrogen (secondary N) is 2. The summed E-state index contributed by atoms with van der Waals surface area (Å²) in [7, 11) is 0. The van der Waals surface area contributed by atoms with Crippen molar-refractivity contribution in [2.75, 3.05) is 18.5 Å². The van der Waals surface area contributed by atoms with E-state index in [0.717, 1.165) is 0 Å². The Kier molecular flexibility index (Phi) is 6.79. The molecule has 2 N–H and O–H groups in total. The van der Waals surface area contributed by atoms with Gasteiger partial charge >= 0.3 is 6.18 Å². The van der Waals surface area contributed by atoms with Crippen molar-refractivity contribution < 1.29 is 27.5 Å². The third-order valence-corrected chi connectivity index (χ3v) is 3.55. The molecular weight excluding hydrogens is 401 g/mol. The summed E-state index contributed by atoms with van der Waals surface area (Å²) in [5.74, 6) is -0.683. The monoisotopic (exact) mass is 416 g/mol. The number of ether oxygens (including phenoxy) is 1. The van der Waals surface area contributed by atoms with Crippen LogP contribution in [0.25, 0.3) is 0 Å². The molecule has 2 aromatic heterocycles. The van der Waals surface area contributed by atoms with E-state index in [4.69, 9.17) is 16.3 Å². The summed E-state index contributed by atoms with van der Waals surface area (Å²) < 4.78 is 42.9. The van der Waals surface area contributed by atoms with E-state index < -0.39 is 17.6 Å². The molecule has 0 spiro atoms. The van der Waals surface area contributed by atoms with Gasteiger partial charge in [-0.2, -0.15) is 13.2 Å². The number of carbonyl (C=O) groups is 2. The number of alkyl halides is 3. The Morgan fingerprint density at radius 1 is 1.25 bits per heavy atom. The van der Waals surface area contributed by atoms with Gasteiger partial charge in [0.2, 0.25) is 11.8 Å². The van der Waals surface area contributed by atoms with Crippen LogP contribution in [0.5, 0.6) is 5.88 Å². The molecule has 0 bridgehead atoms. The summed E-state index contributed by atoms with van der Waals surface area (Å²) in [4.78, 5) is 30.9. The summed E-state index contributed by atoms with van der Waals surface area (Å²) in [5, 5.41) is 4.78. The maximum Gasteiger partial charge on any atom is 0.417 e. The number of nitrogens with zero attached hydrogens (tertiary/aromatic N) is 2. The first-order valence-electron chi connectivity index (χ1n) is 7.96. The van der Waals surface area contributed by atoms with Gasteiger partial charge in [-0.15, -0.1) is 0 Å². The molecule has 0 atom stereocenters. The second kappa shape index (κ2) is 8.87. The van der Waals surface area contributed by atoms with Gasteiger partial charge in [-0.05, 0) is 25.1 Å². The van der Waals surface area contributed by atoms with Gasteiger partial charge in [0.05, 0.1) is 12.1 Å². The Morgan fingerprint density at radius 2 is 1.96 bits per heavy atom. The van der Waals surface area contributed by atoms with Crippen molar-refractivity contribution in [3.63, 3.8) is 0 Å². The molecule has 0 aliphatic carbocycles. The zero-order valence-electron chi connectivity index (χ0n) is 14.9. The van der Waals surface area contributed by atoms with Crippen LogP contribution in [0, 0.1) is 6.92 Å². The van der Waals surface area contributed by atoms with Crippen LogP contribution in [0.1, 0.15) is 28.5 Å². The Balaban J connectivity index is 1.91. The van der Waals surface area contributed by atoms with Crippen molar-refractivity contribution in [3.8, 4) is 5.88 Å². The average molecular weight is 417 g/mol. The number of rotatable bonds is 6. The first-order chi connectivity index (χ1) is 13.1. The van der Waals surface area contributed by atoms with Gasteiger partial charge in [-0.1, -0.05) is 11.6 Å². The first kappa shape index (κ1) is 21.4. The van der Waals surface area contributed by atoms with E-state index in [1.807, 2.05) is 0 Å². The predicted octanol–water partition coefficient (Wildman–Crippen LogP) is 3.22. The molecule has 28 heavy (non-hydrogen) atoms. The lowest BCUT2D eigenvalue weighted by Crippen LogP contribution is -2.28. The molecule has 2 rings (SSSR count). The highest BCUT2D eigenvalue weighted by Crippen LogP contribution is 2.32. The average Bonchev–Trinajstić information content (AvgIpc) is 2.57. The molecule has 2 heterocycles. The lowest BCUT2D eigenvalue weighted by atomic mass is 10.2. The molecule has 0 unspecified atom stereocenters. The van der Waals surface area contributed by atoms with Gasteiger partial charge in [0.15, 0.2) is 0 Å². The van der Waals surface area contributed by atoms with Crippen molar-refractivity contribution in [2.24, 2.45) is 0 Å². The van der Waals surface area contributed by atoms with Gasteiger partial charge in [0, 0.05) is 24.4 Å². The van der Waals surface area contributed by atoms with Crippen LogP contribution >= 0.6 is 11.6 Å². The molecule has 0 fully saturated rings. The van der Waals surface area contributed by atoms with E-state index in [-0.39, 0.29) is 41.3 Å². The van der Waals surface area contributed by atoms with Crippen LogP contribution in [0.2, 0.25) is 5.02 Å². The zero-order chi connectivity index (χ0) is 20.9. The number of halogens is 4. The summed E-state index contributed by atoms with van der Waals surface area (Å²) in [6, 6.07) is 3.67. The molecule has 2 aromatic rings. The van der Waals surface area contributed by atoms with Crippen LogP contribution in [-0.2, 0) is 11.0 Å². The largest absolute Gasteiger partial charge is 0.475 e. The highest BCUT2D eigenvalue weighted by atomic mass is 35.5. The molecule has 0 saturated heterocycles. The van der Waals surface area contributed by atoms with Crippen molar-refractivity contribution in [1.82, 2.24) is 15.3 Å². The molecule has 11 heteroatoms. The molecule has 7 nitrogen and oxygen atoms in total. The minimum absolute atomic E-state index is 0.0503. The molecule has 0 aliphatic rings. The van der Waals surface area contributed by atoms with Gasteiger partial charge in [0.1, 0.15) is 17.4 Å². The Hall–Kier alpha value is -2.88. The van der Waals surface area contributed by atoms with Gasteiger partial charge in [-0.3, -0.25) is 9.59 Å². The molecular formula is C17H16ClF3N4O3. The van der Waals surface area contributed by atoms with Crippen molar-refractivity contribution >= 4 is 29.2 Å². The van der Waals surface area contributed by atoms with E-state index in [0.29, 0.717) is 18.0 Å². The van der Waals surface area contributed by atoms with Crippen LogP contribution in [-0.4, -0.2) is 34.9 Å². The van der Waals surface area contributed by atoms with Gasteiger partial charge in [0.25, 0.3) is 5.91 Å². The van der Waals surface area contributed by atoms with Crippen molar-refractivity contribution in [2.45, 2.75) is 20.0 Å². The van der Waals surface area contributed by atoms with E-state index in [9.17, 15) is 22.8 Å². The fourth-order valence-corrected chi connectivity index (χ4v) is 2.37. The number of anilines is 1. The van der Waals surface area contributed by atoms with Crippen molar-refractivity contribution in [3.05, 3.63) is 46.2 Å². The van der Waals surface area contributed by atoms with Crippen LogP contribution in [0.4, 0.5) is 19.0 Å². The van der Waals surface area contributed by atoms with E-state index >= 15 is 0 Å². The molecule has 0 aliphatic heterocycles. The standard InChI is InChI=1S/C17H16ClF3N4O3/c1-9-5-11(6-14(24-9)25-10(2)26)15(27)22-3-4-28-16-13(18)7-12(8-23-16)17(19,20)21/h5-8H,3-4H2,1-2H3,(H,22,27)(H,24,25,26). The fourth-order valence-electron chi connectivity index (χ4n) is 2.14. The third-order valence-electron chi connectivity index (χ3n) is 3.28. The number of aryl methyl sites for hydroxylation is 1. The van der Waals surface area contributed by atoms with E-state index in [1.54, 1.807) is 6.92 Å². The Morgan fingerprint density at radius 3 is 2.57 bits per heavy atom. The summed E-state index contributed by atoms with van der Waals surface area (Å²) in [6.45, 7) is 2.98. The number of pyridine rings is 2. The molecule has 150 valence electrons. The van der Waals surface area contributed by atoms with Crippen LogP contribution in [0.15, 0.2) is 24.4 Å². The number of hydrogen-bond acceptors (Lipinski definition) is 5. The highest BCUT2D eigenvalue weighted by molar-refractivity contribution is 6.31. The molecule has 2 amide bonds. The Labute approximate surface area is 163 Å². The number of carbonyl (C=O) groups excluding carboxylic acids is 2. The van der Waals surface area contributed by atoms with Gasteiger partial charge < -0.3 is 15.4 Å². The summed E-state index contributed by atoms with van der Waals surface area (Å²) >= 11 is 5.73. The maximum atomic E-state index is 12.6.